The molecule has 1 heterocycles. The number of carbonyl (C=O) groups is 2. The number of hydrogen-bond acceptors (Lipinski definition) is 5. The fourth-order valence-corrected chi connectivity index (χ4v) is 5.13. The predicted molar refractivity (Wildman–Crippen MR) is 131 cm³/mol. The van der Waals surface area contributed by atoms with Gasteiger partial charge in [-0.2, -0.15) is 0 Å². The molecular weight excluding hydrogens is 440 g/mol. The quantitative estimate of drug-likeness (QED) is 0.570. The number of carbonyl (C=O) groups excluding carboxylic acids is 2. The van der Waals surface area contributed by atoms with Crippen molar-refractivity contribution in [3.8, 4) is 0 Å². The molecular formula is C25H39ClN4O3. The van der Waals surface area contributed by atoms with Crippen LogP contribution in [-0.4, -0.2) is 83.6 Å². The summed E-state index contributed by atoms with van der Waals surface area (Å²) in [7, 11) is 3.82. The zero-order valence-corrected chi connectivity index (χ0v) is 20.9. The topological polar surface area (TPSA) is 76.1 Å². The summed E-state index contributed by atoms with van der Waals surface area (Å²) in [5, 5.41) is 12.2. The molecule has 3 atom stereocenters. The van der Waals surface area contributed by atoms with Crippen molar-refractivity contribution >= 4 is 23.4 Å². The summed E-state index contributed by atoms with van der Waals surface area (Å²) in [6.45, 7) is 2.99. The molecule has 1 saturated heterocycles. The number of halogens is 1. The number of aliphatic hydroxyl groups is 1. The van der Waals surface area contributed by atoms with Crippen LogP contribution in [0.5, 0.6) is 0 Å². The van der Waals surface area contributed by atoms with Crippen LogP contribution < -0.4 is 5.43 Å². The van der Waals surface area contributed by atoms with E-state index in [1.165, 1.54) is 6.42 Å². The fourth-order valence-electron chi connectivity index (χ4n) is 5.00. The van der Waals surface area contributed by atoms with Gasteiger partial charge in [0.15, 0.2) is 0 Å². The molecule has 1 aliphatic heterocycles. The lowest BCUT2D eigenvalue weighted by Crippen LogP contribution is -2.54. The molecule has 0 unspecified atom stereocenters. The zero-order valence-electron chi connectivity index (χ0n) is 20.2. The second-order valence-corrected chi connectivity index (χ2v) is 10.2. The maximum absolute atomic E-state index is 13.2. The van der Waals surface area contributed by atoms with E-state index < -0.39 is 5.92 Å². The van der Waals surface area contributed by atoms with Crippen LogP contribution in [0.1, 0.15) is 51.0 Å². The van der Waals surface area contributed by atoms with E-state index in [1.54, 1.807) is 6.92 Å². The molecule has 3 rings (SSSR count). The van der Waals surface area contributed by atoms with Crippen LogP contribution in [-0.2, 0) is 16.0 Å². The highest BCUT2D eigenvalue weighted by atomic mass is 35.5. The van der Waals surface area contributed by atoms with Crippen molar-refractivity contribution in [3.05, 3.63) is 34.9 Å². The van der Waals surface area contributed by atoms with Crippen LogP contribution in [0.2, 0.25) is 5.02 Å². The van der Waals surface area contributed by atoms with Gasteiger partial charge in [-0.1, -0.05) is 49.9 Å². The second kappa shape index (κ2) is 12.2. The van der Waals surface area contributed by atoms with Gasteiger partial charge in [0, 0.05) is 30.2 Å². The average Bonchev–Trinajstić information content (AvgIpc) is 3.26. The van der Waals surface area contributed by atoms with Crippen molar-refractivity contribution in [2.24, 2.45) is 5.92 Å². The molecule has 7 nitrogen and oxygen atoms in total. The van der Waals surface area contributed by atoms with Crippen molar-refractivity contribution in [2.75, 3.05) is 33.8 Å². The fraction of sp³-hybridized carbons (Fsp3) is 0.680. The highest BCUT2D eigenvalue weighted by molar-refractivity contribution is 6.30. The van der Waals surface area contributed by atoms with Crippen LogP contribution >= 0.6 is 11.6 Å². The average molecular weight is 479 g/mol. The van der Waals surface area contributed by atoms with Gasteiger partial charge in [-0.05, 0) is 57.5 Å². The molecule has 0 bridgehead atoms. The number of nitrogens with one attached hydrogen (secondary N) is 1. The Hall–Kier alpha value is -1.67. The second-order valence-electron chi connectivity index (χ2n) is 9.80. The Morgan fingerprint density at radius 2 is 1.79 bits per heavy atom. The molecule has 1 aliphatic carbocycles. The maximum atomic E-state index is 13.2. The number of benzene rings is 1. The molecule has 2 fully saturated rings. The third-order valence-corrected chi connectivity index (χ3v) is 7.26. The molecule has 2 N–H and O–H groups in total. The van der Waals surface area contributed by atoms with Gasteiger partial charge in [-0.15, -0.1) is 0 Å². The number of likely N-dealkylation sites (N-methyl/N-ethyl adjacent to an activating group) is 1. The molecule has 1 aromatic rings. The van der Waals surface area contributed by atoms with Crippen molar-refractivity contribution in [3.63, 3.8) is 0 Å². The van der Waals surface area contributed by atoms with Crippen molar-refractivity contribution < 1.29 is 14.7 Å². The molecule has 2 amide bonds. The Kier molecular flexibility index (Phi) is 9.56. The molecule has 0 aromatic heterocycles. The molecule has 2 aliphatic rings. The Labute approximate surface area is 203 Å². The smallest absolute Gasteiger partial charge is 0.251 e. The first-order valence-electron chi connectivity index (χ1n) is 12.2. The molecule has 0 radical (unpaired) electrons. The van der Waals surface area contributed by atoms with E-state index in [0.717, 1.165) is 37.7 Å². The number of hydrazine groups is 1. The van der Waals surface area contributed by atoms with Gasteiger partial charge < -0.3 is 10.0 Å². The number of nitrogens with zero attached hydrogens (tertiary/aromatic N) is 3. The first-order valence-corrected chi connectivity index (χ1v) is 12.6. The zero-order chi connectivity index (χ0) is 24.0. The number of amides is 2. The molecule has 1 aromatic carbocycles. The number of hydrogen-bond donors (Lipinski definition) is 2. The lowest BCUT2D eigenvalue weighted by atomic mass is 9.92. The first-order chi connectivity index (χ1) is 15.8. The number of aliphatic hydroxyl groups excluding tert-OH is 1. The van der Waals surface area contributed by atoms with E-state index in [9.17, 15) is 14.7 Å². The lowest BCUT2D eigenvalue weighted by molar-refractivity contribution is -0.142. The largest absolute Gasteiger partial charge is 0.396 e. The van der Waals surface area contributed by atoms with Crippen LogP contribution in [0.25, 0.3) is 0 Å². The lowest BCUT2D eigenvalue weighted by Gasteiger charge is -2.40. The Morgan fingerprint density at radius 1 is 1.12 bits per heavy atom. The highest BCUT2D eigenvalue weighted by Gasteiger charge is 2.38. The summed E-state index contributed by atoms with van der Waals surface area (Å²) >= 11 is 5.99. The van der Waals surface area contributed by atoms with Crippen LogP contribution in [0, 0.1) is 5.92 Å². The minimum atomic E-state index is -0.395. The molecule has 184 valence electrons. The Balaban J connectivity index is 1.64. The van der Waals surface area contributed by atoms with Gasteiger partial charge in [-0.3, -0.25) is 19.9 Å². The van der Waals surface area contributed by atoms with E-state index in [2.05, 4.69) is 5.43 Å². The van der Waals surface area contributed by atoms with Crippen molar-refractivity contribution in [2.45, 2.75) is 70.0 Å². The summed E-state index contributed by atoms with van der Waals surface area (Å²) in [5.41, 5.74) is 4.16. The summed E-state index contributed by atoms with van der Waals surface area (Å²) in [4.78, 5) is 30.3. The van der Waals surface area contributed by atoms with Crippen LogP contribution in [0.15, 0.2) is 24.3 Å². The van der Waals surface area contributed by atoms with Gasteiger partial charge in [0.2, 0.25) is 5.91 Å². The van der Waals surface area contributed by atoms with E-state index in [0.29, 0.717) is 24.5 Å². The summed E-state index contributed by atoms with van der Waals surface area (Å²) in [6.07, 6.45) is 6.97. The van der Waals surface area contributed by atoms with Crippen LogP contribution in [0.4, 0.5) is 0 Å². The van der Waals surface area contributed by atoms with E-state index in [-0.39, 0.29) is 36.5 Å². The summed E-state index contributed by atoms with van der Waals surface area (Å²) in [5.74, 6) is -0.403. The Morgan fingerprint density at radius 3 is 2.39 bits per heavy atom. The SMILES string of the molecule is C[C@H](CO)C(=O)N(C1CCCCC1)[C@H]1CCN(NC(=O)[C@@H](Cc2ccc(Cl)cc2)N(C)C)C1. The monoisotopic (exact) mass is 478 g/mol. The maximum Gasteiger partial charge on any atom is 0.251 e. The summed E-state index contributed by atoms with van der Waals surface area (Å²) < 4.78 is 0. The number of rotatable bonds is 9. The molecule has 8 heteroatoms. The molecule has 0 spiro atoms. The highest BCUT2D eigenvalue weighted by Crippen LogP contribution is 2.28. The summed E-state index contributed by atoms with van der Waals surface area (Å²) in [6, 6.07) is 7.58. The van der Waals surface area contributed by atoms with Crippen LogP contribution in [0.3, 0.4) is 0 Å². The third-order valence-electron chi connectivity index (χ3n) is 7.01. The predicted octanol–water partition coefficient (Wildman–Crippen LogP) is 2.71. The van der Waals surface area contributed by atoms with Gasteiger partial charge >= 0.3 is 0 Å². The van der Waals surface area contributed by atoms with E-state index in [4.69, 9.17) is 11.6 Å². The normalized spacial score (nSPS) is 21.7. The minimum Gasteiger partial charge on any atom is -0.396 e. The van der Waals surface area contributed by atoms with Crippen molar-refractivity contribution in [1.82, 2.24) is 20.2 Å². The van der Waals surface area contributed by atoms with E-state index in [1.807, 2.05) is 53.2 Å². The minimum absolute atomic E-state index is 0.0384. The Bertz CT molecular complexity index is 782. The van der Waals surface area contributed by atoms with Crippen molar-refractivity contribution in [1.29, 1.82) is 0 Å². The van der Waals surface area contributed by atoms with Gasteiger partial charge in [-0.25, -0.2) is 5.01 Å². The standard InChI is InChI=1S/C25H39ClN4O3/c1-18(17-31)25(33)30(21-7-5-4-6-8-21)22-13-14-29(16-22)27-24(32)23(28(2)3)15-19-9-11-20(26)12-10-19/h9-12,18,21-23,31H,4-8,13-17H2,1-3H3,(H,27,32)/t18-,22+,23-/m1/s1. The first kappa shape index (κ1) is 25.9. The van der Waals surface area contributed by atoms with Gasteiger partial charge in [0.25, 0.3) is 5.91 Å². The molecule has 33 heavy (non-hydrogen) atoms. The van der Waals surface area contributed by atoms with Gasteiger partial charge in [0.05, 0.1) is 18.6 Å². The van der Waals surface area contributed by atoms with Gasteiger partial charge in [0.1, 0.15) is 0 Å². The third kappa shape index (κ3) is 6.92. The van der Waals surface area contributed by atoms with E-state index >= 15 is 0 Å². The molecule has 1 saturated carbocycles.